The maximum absolute atomic E-state index is 12.9. The minimum atomic E-state index is -0.0210. The normalized spacial score (nSPS) is 21.3. The lowest BCUT2D eigenvalue weighted by molar-refractivity contribution is -1.00. The number of benzene rings is 1. The van der Waals surface area contributed by atoms with Gasteiger partial charge < -0.3 is 20.0 Å². The molecule has 1 aromatic rings. The molecule has 1 aliphatic rings. The molecule has 7 heteroatoms. The number of para-hydroxylation sites is 1. The van der Waals surface area contributed by atoms with Gasteiger partial charge in [-0.25, -0.2) is 0 Å². The van der Waals surface area contributed by atoms with E-state index in [-0.39, 0.29) is 23.9 Å². The van der Waals surface area contributed by atoms with Crippen LogP contribution in [0.5, 0.6) is 0 Å². The van der Waals surface area contributed by atoms with Crippen LogP contribution in [0.1, 0.15) is 40.5 Å². The maximum Gasteiger partial charge on any atom is 0.279 e. The van der Waals surface area contributed by atoms with Crippen LogP contribution in [0.4, 0.5) is 5.69 Å². The zero-order chi connectivity index (χ0) is 21.4. The number of hydrogen-bond acceptors (Lipinski definition) is 2. The van der Waals surface area contributed by atoms with E-state index < -0.39 is 0 Å². The molecular formula is C22H37ClN4O2+2. The van der Waals surface area contributed by atoms with Crippen LogP contribution >= 0.6 is 11.6 Å². The van der Waals surface area contributed by atoms with E-state index in [1.54, 1.807) is 6.07 Å². The van der Waals surface area contributed by atoms with Gasteiger partial charge in [0.1, 0.15) is 26.2 Å². The zero-order valence-corrected chi connectivity index (χ0v) is 19.0. The molecule has 6 nitrogen and oxygen atoms in total. The molecular weight excluding hydrogens is 388 g/mol. The minimum Gasteiger partial charge on any atom is -0.332 e. The lowest BCUT2D eigenvalue weighted by Gasteiger charge is -2.36. The predicted molar refractivity (Wildman–Crippen MR) is 118 cm³/mol. The molecule has 1 saturated heterocycles. The van der Waals surface area contributed by atoms with Crippen molar-refractivity contribution in [3.8, 4) is 0 Å². The van der Waals surface area contributed by atoms with Crippen molar-refractivity contribution in [3.63, 3.8) is 0 Å². The molecule has 0 aromatic heterocycles. The van der Waals surface area contributed by atoms with Gasteiger partial charge in [0.25, 0.3) is 11.8 Å². The number of piperazine rings is 1. The van der Waals surface area contributed by atoms with Crippen molar-refractivity contribution in [2.75, 3.05) is 44.6 Å². The maximum atomic E-state index is 12.9. The smallest absolute Gasteiger partial charge is 0.279 e. The highest BCUT2D eigenvalue weighted by molar-refractivity contribution is 6.33. The van der Waals surface area contributed by atoms with Crippen molar-refractivity contribution in [3.05, 3.63) is 29.3 Å². The van der Waals surface area contributed by atoms with Crippen LogP contribution in [0, 0.1) is 0 Å². The summed E-state index contributed by atoms with van der Waals surface area (Å²) in [6.07, 6.45) is 1.95. The largest absolute Gasteiger partial charge is 0.332 e. The fourth-order valence-electron chi connectivity index (χ4n) is 3.92. The van der Waals surface area contributed by atoms with E-state index in [1.807, 2.05) is 18.2 Å². The van der Waals surface area contributed by atoms with E-state index in [1.165, 1.54) is 9.80 Å². The number of carbonyl (C=O) groups excluding carboxylic acids is 2. The van der Waals surface area contributed by atoms with Crippen LogP contribution in [-0.2, 0) is 9.59 Å². The summed E-state index contributed by atoms with van der Waals surface area (Å²) < 4.78 is 0. The molecule has 1 fully saturated rings. The second-order valence-corrected chi connectivity index (χ2v) is 8.60. The SMILES string of the molecule is CCC(C)N(C(=O)C[NH+]1CC[NH+](CC(=O)Nc2ccccc2Cl)CC1)C(C)CC. The van der Waals surface area contributed by atoms with Gasteiger partial charge in [-0.1, -0.05) is 37.6 Å². The average Bonchev–Trinajstić information content (AvgIpc) is 2.71. The number of carbonyl (C=O) groups is 2. The van der Waals surface area contributed by atoms with Crippen molar-refractivity contribution in [1.82, 2.24) is 4.90 Å². The fraction of sp³-hybridized carbons (Fsp3) is 0.636. The quantitative estimate of drug-likeness (QED) is 0.540. The van der Waals surface area contributed by atoms with Crippen molar-refractivity contribution in [2.24, 2.45) is 0 Å². The summed E-state index contributed by atoms with van der Waals surface area (Å²) in [5.41, 5.74) is 0.656. The summed E-state index contributed by atoms with van der Waals surface area (Å²) in [6.45, 7) is 13.1. The number of rotatable bonds is 9. The third-order valence-corrected chi connectivity index (χ3v) is 6.37. The van der Waals surface area contributed by atoms with E-state index in [2.05, 4.69) is 37.9 Å². The number of nitrogens with one attached hydrogen (secondary N) is 3. The molecule has 0 saturated carbocycles. The van der Waals surface area contributed by atoms with E-state index >= 15 is 0 Å². The Balaban J connectivity index is 1.80. The second kappa shape index (κ2) is 11.5. The standard InChI is InChI=1S/C22H35ClN4O2/c1-5-17(3)27(18(4)6-2)22(29)16-26-13-11-25(12-14-26)15-21(28)24-20-10-8-7-9-19(20)23/h7-10,17-18H,5-6,11-16H2,1-4H3,(H,24,28)/p+2. The lowest BCUT2D eigenvalue weighted by atomic mass is 10.1. The van der Waals surface area contributed by atoms with Crippen LogP contribution in [0.3, 0.4) is 0 Å². The Morgan fingerprint density at radius 2 is 1.52 bits per heavy atom. The molecule has 2 amide bonds. The molecule has 2 rings (SSSR count). The first kappa shape index (κ1) is 23.6. The number of nitrogens with zero attached hydrogens (tertiary/aromatic N) is 1. The molecule has 1 aromatic carbocycles. The van der Waals surface area contributed by atoms with Crippen LogP contribution in [0.15, 0.2) is 24.3 Å². The molecule has 2 unspecified atom stereocenters. The van der Waals surface area contributed by atoms with Gasteiger partial charge in [0.15, 0.2) is 13.1 Å². The highest BCUT2D eigenvalue weighted by Crippen LogP contribution is 2.19. The molecule has 1 heterocycles. The van der Waals surface area contributed by atoms with Crippen molar-refractivity contribution >= 4 is 29.1 Å². The van der Waals surface area contributed by atoms with Gasteiger partial charge in [0.05, 0.1) is 10.7 Å². The Bertz CT molecular complexity index is 667. The Kier molecular flexibility index (Phi) is 9.40. The average molecular weight is 425 g/mol. The van der Waals surface area contributed by atoms with E-state index in [9.17, 15) is 9.59 Å². The number of amides is 2. The molecule has 0 radical (unpaired) electrons. The van der Waals surface area contributed by atoms with Crippen molar-refractivity contribution < 1.29 is 19.4 Å². The van der Waals surface area contributed by atoms with E-state index in [0.717, 1.165) is 39.0 Å². The Hall–Kier alpha value is -1.63. The van der Waals surface area contributed by atoms with Gasteiger partial charge in [-0.05, 0) is 38.8 Å². The highest BCUT2D eigenvalue weighted by atomic mass is 35.5. The van der Waals surface area contributed by atoms with E-state index in [0.29, 0.717) is 23.8 Å². The molecule has 0 bridgehead atoms. The molecule has 2 atom stereocenters. The molecule has 162 valence electrons. The molecule has 0 aliphatic carbocycles. The van der Waals surface area contributed by atoms with Crippen LogP contribution < -0.4 is 15.1 Å². The van der Waals surface area contributed by atoms with Crippen molar-refractivity contribution in [1.29, 1.82) is 0 Å². The third kappa shape index (κ3) is 6.98. The molecule has 29 heavy (non-hydrogen) atoms. The molecule has 1 aliphatic heterocycles. The minimum absolute atomic E-state index is 0.0210. The van der Waals surface area contributed by atoms with Gasteiger partial charge in [0, 0.05) is 12.1 Å². The third-order valence-electron chi connectivity index (χ3n) is 6.04. The number of quaternary nitrogens is 2. The zero-order valence-electron chi connectivity index (χ0n) is 18.3. The number of halogens is 1. The summed E-state index contributed by atoms with van der Waals surface area (Å²) in [4.78, 5) is 29.9. The first-order valence-electron chi connectivity index (χ1n) is 10.9. The topological polar surface area (TPSA) is 58.3 Å². The predicted octanol–water partition coefficient (Wildman–Crippen LogP) is 0.488. The monoisotopic (exact) mass is 424 g/mol. The first-order valence-corrected chi connectivity index (χ1v) is 11.3. The van der Waals surface area contributed by atoms with Gasteiger partial charge in [-0.15, -0.1) is 0 Å². The van der Waals surface area contributed by atoms with Gasteiger partial charge in [-0.3, -0.25) is 9.59 Å². The number of anilines is 1. The van der Waals surface area contributed by atoms with Gasteiger partial charge in [0.2, 0.25) is 0 Å². The Morgan fingerprint density at radius 3 is 2.03 bits per heavy atom. The summed E-state index contributed by atoms with van der Waals surface area (Å²) in [5.74, 6) is 0.232. The number of hydrogen-bond donors (Lipinski definition) is 3. The summed E-state index contributed by atoms with van der Waals surface area (Å²) in [6, 6.07) is 7.83. The summed E-state index contributed by atoms with van der Waals surface area (Å²) >= 11 is 6.11. The van der Waals surface area contributed by atoms with Gasteiger partial charge >= 0.3 is 0 Å². The van der Waals surface area contributed by atoms with Crippen molar-refractivity contribution in [2.45, 2.75) is 52.6 Å². The fourth-order valence-corrected chi connectivity index (χ4v) is 4.10. The lowest BCUT2D eigenvalue weighted by Crippen LogP contribution is -3.28. The second-order valence-electron chi connectivity index (χ2n) is 8.20. The molecule has 0 spiro atoms. The molecule has 3 N–H and O–H groups in total. The van der Waals surface area contributed by atoms with Crippen LogP contribution in [0.25, 0.3) is 0 Å². The van der Waals surface area contributed by atoms with Crippen LogP contribution in [-0.4, -0.2) is 68.1 Å². The van der Waals surface area contributed by atoms with Gasteiger partial charge in [-0.2, -0.15) is 0 Å². The Labute approximate surface area is 180 Å². The first-order chi connectivity index (χ1) is 13.8. The summed E-state index contributed by atoms with van der Waals surface area (Å²) in [5, 5.41) is 3.45. The Morgan fingerprint density at radius 1 is 1.00 bits per heavy atom. The van der Waals surface area contributed by atoms with Crippen LogP contribution in [0.2, 0.25) is 5.02 Å². The highest BCUT2D eigenvalue weighted by Gasteiger charge is 2.30. The summed E-state index contributed by atoms with van der Waals surface area (Å²) in [7, 11) is 0. The van der Waals surface area contributed by atoms with E-state index in [4.69, 9.17) is 11.6 Å².